The molecule has 1 aromatic heterocycles. The quantitative estimate of drug-likeness (QED) is 0.873. The minimum absolute atomic E-state index is 0.253. The van der Waals surface area contributed by atoms with Gasteiger partial charge in [-0.1, -0.05) is 6.07 Å². The third-order valence-electron chi connectivity index (χ3n) is 3.94. The first-order valence-electron chi connectivity index (χ1n) is 7.25. The SMILES string of the molecule is Cc1ccc2nc(CN3CCN(CCO)CC3)[nH]c2c1. The zero-order valence-electron chi connectivity index (χ0n) is 12.0. The first-order chi connectivity index (χ1) is 9.74. The standard InChI is InChI=1S/C15H22N4O/c1-12-2-3-13-14(10-12)17-15(16-13)11-19-6-4-18(5-7-19)8-9-20/h2-3,10,20H,4-9,11H2,1H3,(H,16,17). The largest absolute Gasteiger partial charge is 0.395 e. The summed E-state index contributed by atoms with van der Waals surface area (Å²) in [5.74, 6) is 1.04. The molecule has 0 radical (unpaired) electrons. The van der Waals surface area contributed by atoms with E-state index in [1.165, 1.54) is 5.56 Å². The summed E-state index contributed by atoms with van der Waals surface area (Å²) in [7, 11) is 0. The number of aromatic nitrogens is 2. The number of aliphatic hydroxyl groups excluding tert-OH is 1. The van der Waals surface area contributed by atoms with Crippen molar-refractivity contribution in [3.63, 3.8) is 0 Å². The second-order valence-corrected chi connectivity index (χ2v) is 5.55. The molecule has 0 bridgehead atoms. The van der Waals surface area contributed by atoms with E-state index in [1.54, 1.807) is 0 Å². The van der Waals surface area contributed by atoms with Crippen LogP contribution in [0.1, 0.15) is 11.4 Å². The third-order valence-corrected chi connectivity index (χ3v) is 3.94. The number of benzene rings is 1. The number of aliphatic hydroxyl groups is 1. The van der Waals surface area contributed by atoms with Crippen LogP contribution in [0.5, 0.6) is 0 Å². The Balaban J connectivity index is 1.62. The van der Waals surface area contributed by atoms with Gasteiger partial charge in [0.2, 0.25) is 0 Å². The molecular weight excluding hydrogens is 252 g/mol. The van der Waals surface area contributed by atoms with Crippen molar-refractivity contribution in [2.45, 2.75) is 13.5 Å². The second kappa shape index (κ2) is 5.91. The highest BCUT2D eigenvalue weighted by Crippen LogP contribution is 2.15. The van der Waals surface area contributed by atoms with E-state index in [2.05, 4.69) is 44.9 Å². The van der Waals surface area contributed by atoms with Crippen LogP contribution in [0.4, 0.5) is 0 Å². The second-order valence-electron chi connectivity index (χ2n) is 5.55. The maximum absolute atomic E-state index is 8.95. The van der Waals surface area contributed by atoms with E-state index in [9.17, 15) is 0 Å². The summed E-state index contributed by atoms with van der Waals surface area (Å²) in [4.78, 5) is 12.8. The van der Waals surface area contributed by atoms with E-state index in [-0.39, 0.29) is 6.61 Å². The van der Waals surface area contributed by atoms with Crippen molar-refractivity contribution in [1.82, 2.24) is 19.8 Å². The number of piperazine rings is 1. The van der Waals surface area contributed by atoms with Crippen molar-refractivity contribution in [3.8, 4) is 0 Å². The van der Waals surface area contributed by atoms with E-state index in [0.29, 0.717) is 0 Å². The Morgan fingerprint density at radius 1 is 1.20 bits per heavy atom. The van der Waals surface area contributed by atoms with Crippen molar-refractivity contribution in [1.29, 1.82) is 0 Å². The third kappa shape index (κ3) is 3.00. The van der Waals surface area contributed by atoms with Crippen molar-refractivity contribution < 1.29 is 5.11 Å². The Morgan fingerprint density at radius 2 is 1.95 bits per heavy atom. The van der Waals surface area contributed by atoms with Crippen molar-refractivity contribution in [2.75, 3.05) is 39.3 Å². The monoisotopic (exact) mass is 274 g/mol. The number of aromatic amines is 1. The van der Waals surface area contributed by atoms with Crippen molar-refractivity contribution >= 4 is 11.0 Å². The van der Waals surface area contributed by atoms with E-state index in [1.807, 2.05) is 0 Å². The number of hydrogen-bond acceptors (Lipinski definition) is 4. The Kier molecular flexibility index (Phi) is 4.00. The van der Waals surface area contributed by atoms with Crippen LogP contribution >= 0.6 is 0 Å². The molecule has 0 atom stereocenters. The lowest BCUT2D eigenvalue weighted by molar-refractivity contribution is 0.107. The highest BCUT2D eigenvalue weighted by Gasteiger charge is 2.17. The number of rotatable bonds is 4. The molecule has 1 aromatic carbocycles. The molecule has 2 heterocycles. The average Bonchev–Trinajstić information content (AvgIpc) is 2.82. The van der Waals surface area contributed by atoms with Gasteiger partial charge in [0.1, 0.15) is 5.82 Å². The van der Waals surface area contributed by atoms with E-state index in [0.717, 1.165) is 56.1 Å². The molecule has 0 amide bonds. The lowest BCUT2D eigenvalue weighted by Crippen LogP contribution is -2.46. The fourth-order valence-electron chi connectivity index (χ4n) is 2.78. The summed E-state index contributed by atoms with van der Waals surface area (Å²) < 4.78 is 0. The number of fused-ring (bicyclic) bond motifs is 1. The van der Waals surface area contributed by atoms with Gasteiger partial charge in [0.25, 0.3) is 0 Å². The van der Waals surface area contributed by atoms with Crippen LogP contribution in [0.25, 0.3) is 11.0 Å². The van der Waals surface area contributed by atoms with Crippen LogP contribution in [-0.2, 0) is 6.54 Å². The summed E-state index contributed by atoms with van der Waals surface area (Å²) in [6.45, 7) is 8.15. The lowest BCUT2D eigenvalue weighted by Gasteiger charge is -2.33. The predicted molar refractivity (Wildman–Crippen MR) is 79.6 cm³/mol. The first-order valence-corrected chi connectivity index (χ1v) is 7.25. The predicted octanol–water partition coefficient (Wildman–Crippen LogP) is 0.981. The fourth-order valence-corrected chi connectivity index (χ4v) is 2.78. The lowest BCUT2D eigenvalue weighted by atomic mass is 10.2. The smallest absolute Gasteiger partial charge is 0.121 e. The maximum Gasteiger partial charge on any atom is 0.121 e. The van der Waals surface area contributed by atoms with Crippen LogP contribution in [0.3, 0.4) is 0 Å². The number of nitrogens with one attached hydrogen (secondary N) is 1. The molecule has 108 valence electrons. The fraction of sp³-hybridized carbons (Fsp3) is 0.533. The molecule has 2 N–H and O–H groups in total. The van der Waals surface area contributed by atoms with Crippen LogP contribution in [0, 0.1) is 6.92 Å². The number of hydrogen-bond donors (Lipinski definition) is 2. The zero-order valence-corrected chi connectivity index (χ0v) is 12.0. The van der Waals surface area contributed by atoms with Crippen LogP contribution in [-0.4, -0.2) is 64.2 Å². The molecular formula is C15H22N4O. The molecule has 1 aliphatic heterocycles. The first kappa shape index (κ1) is 13.5. The minimum atomic E-state index is 0.253. The normalized spacial score (nSPS) is 17.9. The molecule has 1 aliphatic rings. The summed E-state index contributed by atoms with van der Waals surface area (Å²) in [6, 6.07) is 6.31. The summed E-state index contributed by atoms with van der Waals surface area (Å²) in [5, 5.41) is 8.95. The molecule has 1 fully saturated rings. The van der Waals surface area contributed by atoms with Gasteiger partial charge in [0.05, 0.1) is 24.2 Å². The molecule has 5 heteroatoms. The summed E-state index contributed by atoms with van der Waals surface area (Å²) in [5.41, 5.74) is 3.42. The number of β-amino-alcohol motifs (C(OH)–C–C–N with tert-alkyl or cyclic N) is 1. The number of imidazole rings is 1. The topological polar surface area (TPSA) is 55.4 Å². The summed E-state index contributed by atoms with van der Waals surface area (Å²) >= 11 is 0. The van der Waals surface area contributed by atoms with E-state index >= 15 is 0 Å². The highest BCUT2D eigenvalue weighted by molar-refractivity contribution is 5.75. The van der Waals surface area contributed by atoms with Crippen LogP contribution in [0.2, 0.25) is 0 Å². The number of nitrogens with zero attached hydrogens (tertiary/aromatic N) is 3. The van der Waals surface area contributed by atoms with Gasteiger partial charge in [0, 0.05) is 32.7 Å². The van der Waals surface area contributed by atoms with Crippen LogP contribution < -0.4 is 0 Å². The van der Waals surface area contributed by atoms with Crippen LogP contribution in [0.15, 0.2) is 18.2 Å². The Labute approximate surface area is 119 Å². The Hall–Kier alpha value is -1.43. The van der Waals surface area contributed by atoms with E-state index < -0.39 is 0 Å². The van der Waals surface area contributed by atoms with Gasteiger partial charge in [0.15, 0.2) is 0 Å². The molecule has 0 spiro atoms. The molecule has 0 saturated carbocycles. The van der Waals surface area contributed by atoms with E-state index in [4.69, 9.17) is 5.11 Å². The van der Waals surface area contributed by atoms with Gasteiger partial charge in [-0.05, 0) is 24.6 Å². The Morgan fingerprint density at radius 3 is 2.70 bits per heavy atom. The number of aryl methyl sites for hydroxylation is 1. The molecule has 3 rings (SSSR count). The summed E-state index contributed by atoms with van der Waals surface area (Å²) in [6.07, 6.45) is 0. The zero-order chi connectivity index (χ0) is 13.9. The maximum atomic E-state index is 8.95. The van der Waals surface area contributed by atoms with Gasteiger partial charge in [-0.15, -0.1) is 0 Å². The van der Waals surface area contributed by atoms with Gasteiger partial charge < -0.3 is 10.1 Å². The highest BCUT2D eigenvalue weighted by atomic mass is 16.3. The Bertz CT molecular complexity index is 572. The van der Waals surface area contributed by atoms with Gasteiger partial charge in [-0.3, -0.25) is 9.80 Å². The average molecular weight is 274 g/mol. The van der Waals surface area contributed by atoms with Crippen molar-refractivity contribution in [2.24, 2.45) is 0 Å². The molecule has 0 aliphatic carbocycles. The molecule has 5 nitrogen and oxygen atoms in total. The van der Waals surface area contributed by atoms with Gasteiger partial charge in [-0.2, -0.15) is 0 Å². The van der Waals surface area contributed by atoms with Gasteiger partial charge in [-0.25, -0.2) is 4.98 Å². The molecule has 2 aromatic rings. The minimum Gasteiger partial charge on any atom is -0.395 e. The van der Waals surface area contributed by atoms with Crippen molar-refractivity contribution in [3.05, 3.63) is 29.6 Å². The molecule has 0 unspecified atom stereocenters. The molecule has 1 saturated heterocycles. The van der Waals surface area contributed by atoms with Gasteiger partial charge >= 0.3 is 0 Å². The molecule has 20 heavy (non-hydrogen) atoms. The number of H-pyrrole nitrogens is 1.